The van der Waals surface area contributed by atoms with Gasteiger partial charge in [-0.3, -0.25) is 60.1 Å². The molecule has 0 unspecified atom stereocenters. The lowest BCUT2D eigenvalue weighted by molar-refractivity contribution is -0.151. The Morgan fingerprint density at radius 2 is 0.417 bits per heavy atom. The van der Waals surface area contributed by atoms with Crippen molar-refractivity contribution in [1.29, 1.82) is 0 Å². The van der Waals surface area contributed by atoms with E-state index >= 15 is 0 Å². The number of amides is 8. The summed E-state index contributed by atoms with van der Waals surface area (Å²) in [6, 6.07) is 31.6. The third-order valence-electron chi connectivity index (χ3n) is 16.7. The Balaban J connectivity index is 0.000000800. The SMILES string of the molecule is COC(=O)[C@H](C)N(Cc1ccccc1)NC(=O)[C@@H](CC(C)C)NC(=O)OC(C)(C)C.COC(=O)[C@H](C)N(Cc1ccccc1)NC(=O)[C@@H](CC(C)C)NC(=O)OC(C)(C)C.COC(=O)[C@H](C)N(Cc1ccccc1)NC(=O)[C@@H](CC(C)C)NC(=O)OC(C)(C)C.COC(=O)[C@H](C)N(Cc1ccccc1)NC(=O)[C@@H](CC(C)C)NC(=O)OC(C)(C)C. The van der Waals surface area contributed by atoms with Gasteiger partial charge in [-0.2, -0.15) is 0 Å². The van der Waals surface area contributed by atoms with E-state index in [2.05, 4.69) is 43.0 Å². The van der Waals surface area contributed by atoms with Crippen molar-refractivity contribution >= 4 is 71.9 Å². The van der Waals surface area contributed by atoms with Crippen molar-refractivity contribution in [1.82, 2.24) is 63.0 Å². The van der Waals surface area contributed by atoms with Crippen LogP contribution in [0.15, 0.2) is 121 Å². The molecule has 0 aliphatic carbocycles. The second-order valence-electron chi connectivity index (χ2n) is 34.5. The number of alkyl carbamates (subject to hydrolysis) is 4. The van der Waals surface area contributed by atoms with Gasteiger partial charge in [0.2, 0.25) is 0 Å². The van der Waals surface area contributed by atoms with Crippen molar-refractivity contribution in [3.05, 3.63) is 144 Å². The monoisotopic (exact) mass is 1690 g/mol. The summed E-state index contributed by atoms with van der Waals surface area (Å²) in [7, 11) is 5.19. The fourth-order valence-corrected chi connectivity index (χ4v) is 10.9. The van der Waals surface area contributed by atoms with Gasteiger partial charge in [-0.05, 0) is 182 Å². The van der Waals surface area contributed by atoms with Crippen molar-refractivity contribution in [2.75, 3.05) is 28.4 Å². The lowest BCUT2D eigenvalue weighted by atomic mass is 10.0. The Morgan fingerprint density at radius 3 is 0.542 bits per heavy atom. The minimum atomic E-state index is -0.817. The minimum absolute atomic E-state index is 0.149. The molecule has 8 atom stereocenters. The molecular weight excluding hydrogens is 1550 g/mol. The normalized spacial score (nSPS) is 13.5. The van der Waals surface area contributed by atoms with Crippen LogP contribution in [-0.4, -0.2) is 191 Å². The summed E-state index contributed by atoms with van der Waals surface area (Å²) in [6.07, 6.45) is -1.02. The number of carbonyl (C=O) groups excluding carboxylic acids is 12. The highest BCUT2D eigenvalue weighted by atomic mass is 16.6. The molecule has 0 heterocycles. The van der Waals surface area contributed by atoms with Gasteiger partial charge in [0.15, 0.2) is 0 Å². The highest BCUT2D eigenvalue weighted by Crippen LogP contribution is 2.19. The molecule has 0 aliphatic heterocycles. The summed E-state index contributed by atoms with van der Waals surface area (Å²) in [5, 5.41) is 16.6. The first-order valence-electron chi connectivity index (χ1n) is 40.4. The Labute approximate surface area is 711 Å². The van der Waals surface area contributed by atoms with E-state index in [0.29, 0.717) is 51.9 Å². The number of esters is 4. The van der Waals surface area contributed by atoms with Crippen LogP contribution in [0.2, 0.25) is 0 Å². The molecule has 0 saturated heterocycles. The van der Waals surface area contributed by atoms with Crippen molar-refractivity contribution in [3.8, 4) is 0 Å². The zero-order chi connectivity index (χ0) is 91.6. The second-order valence-corrected chi connectivity index (χ2v) is 34.5. The number of nitrogens with one attached hydrogen (secondary N) is 8. The van der Waals surface area contributed by atoms with Gasteiger partial charge in [0.1, 0.15) is 70.7 Å². The molecule has 32 nitrogen and oxygen atoms in total. The van der Waals surface area contributed by atoms with Crippen LogP contribution in [0, 0.1) is 23.7 Å². The van der Waals surface area contributed by atoms with E-state index in [1.807, 2.05) is 177 Å². The number of nitrogens with zero attached hydrogens (tertiary/aromatic N) is 4. The smallest absolute Gasteiger partial charge is 0.408 e. The zero-order valence-corrected chi connectivity index (χ0v) is 76.1. The predicted molar refractivity (Wildman–Crippen MR) is 457 cm³/mol. The van der Waals surface area contributed by atoms with E-state index in [0.717, 1.165) is 22.3 Å². The van der Waals surface area contributed by atoms with Crippen LogP contribution in [0.5, 0.6) is 0 Å². The number of rotatable bonds is 36. The summed E-state index contributed by atoms with van der Waals surface area (Å²) in [5.74, 6) is -3.04. The van der Waals surface area contributed by atoms with Crippen LogP contribution in [0.25, 0.3) is 0 Å². The number of methoxy groups -OCH3 is 4. The van der Waals surface area contributed by atoms with Gasteiger partial charge in [-0.25, -0.2) is 39.2 Å². The van der Waals surface area contributed by atoms with E-state index in [-0.39, 0.29) is 23.7 Å². The topological polar surface area (TPSA) is 388 Å². The third-order valence-corrected chi connectivity index (χ3v) is 16.7. The molecule has 0 aliphatic rings. The predicted octanol–water partition coefficient (Wildman–Crippen LogP) is 12.1. The van der Waals surface area contributed by atoms with Gasteiger partial charge < -0.3 is 59.2 Å². The molecule has 0 aromatic heterocycles. The molecule has 8 N–H and O–H groups in total. The lowest BCUT2D eigenvalue weighted by Crippen LogP contribution is -2.56. The van der Waals surface area contributed by atoms with E-state index in [4.69, 9.17) is 37.9 Å². The second kappa shape index (κ2) is 53.3. The fraction of sp³-hybridized carbons (Fsp3) is 0.591. The maximum absolute atomic E-state index is 13.0. The molecule has 0 saturated carbocycles. The third kappa shape index (κ3) is 46.8. The molecule has 32 heteroatoms. The van der Waals surface area contributed by atoms with E-state index < -0.39 is 143 Å². The average molecular weight is 1690 g/mol. The van der Waals surface area contributed by atoms with E-state index in [9.17, 15) is 57.5 Å². The van der Waals surface area contributed by atoms with Crippen LogP contribution >= 0.6 is 0 Å². The molecule has 0 fully saturated rings. The number of benzene rings is 4. The zero-order valence-electron chi connectivity index (χ0n) is 76.1. The van der Waals surface area contributed by atoms with Crippen molar-refractivity contribution in [3.63, 3.8) is 0 Å². The van der Waals surface area contributed by atoms with E-state index in [1.165, 1.54) is 48.5 Å². The summed E-state index contributed by atoms with van der Waals surface area (Å²) in [5.41, 5.74) is 12.0. The molecule has 0 radical (unpaired) electrons. The standard InChI is InChI=1S/4C22H35N3O5/c4*1-15(2)13-18(23-21(28)30-22(4,5)6)19(26)24-25(16(3)20(27)29-7)14-17-11-9-8-10-12-17/h4*8-12,15-16,18H,13-14H2,1-7H3,(H,23,28)(H,24,26)/t4*16-,18+/m0000/s1. The Bertz CT molecular complexity index is 3290. The van der Waals surface area contributed by atoms with Crippen LogP contribution in [0.4, 0.5) is 19.2 Å². The first-order valence-corrected chi connectivity index (χ1v) is 40.4. The highest BCUT2D eigenvalue weighted by Gasteiger charge is 2.36. The number of hydrogen-bond acceptors (Lipinski definition) is 24. The van der Waals surface area contributed by atoms with Crippen LogP contribution in [-0.2, 0) is 102 Å². The summed E-state index contributed by atoms with van der Waals surface area (Å²) >= 11 is 0. The lowest BCUT2D eigenvalue weighted by Gasteiger charge is -2.30. The molecule has 4 aromatic carbocycles. The van der Waals surface area contributed by atoms with Gasteiger partial charge >= 0.3 is 48.3 Å². The number of hydrazine groups is 4. The summed E-state index contributed by atoms with van der Waals surface area (Å²) in [4.78, 5) is 149. The molecule has 120 heavy (non-hydrogen) atoms. The summed E-state index contributed by atoms with van der Waals surface area (Å²) in [6.45, 7) is 44.4. The molecule has 0 spiro atoms. The first kappa shape index (κ1) is 108. The molecule has 4 aromatic rings. The van der Waals surface area contributed by atoms with Crippen molar-refractivity contribution in [2.45, 2.75) is 289 Å². The molecular formula is C88H140N12O20. The molecule has 672 valence electrons. The van der Waals surface area contributed by atoms with Gasteiger partial charge in [-0.1, -0.05) is 177 Å². The van der Waals surface area contributed by atoms with E-state index in [1.54, 1.807) is 111 Å². The molecule has 8 amide bonds. The van der Waals surface area contributed by atoms with Gasteiger partial charge in [0, 0.05) is 26.2 Å². The number of carbonyl (C=O) groups is 12. The average Bonchev–Trinajstić information content (AvgIpc) is 0.866. The maximum Gasteiger partial charge on any atom is 0.408 e. The fourth-order valence-electron chi connectivity index (χ4n) is 10.9. The Hall–Kier alpha value is -10.4. The number of ether oxygens (including phenoxy) is 8. The molecule has 0 bridgehead atoms. The summed E-state index contributed by atoms with van der Waals surface area (Å²) < 4.78 is 40.5. The Morgan fingerprint density at radius 1 is 0.267 bits per heavy atom. The van der Waals surface area contributed by atoms with Crippen molar-refractivity contribution in [2.24, 2.45) is 23.7 Å². The van der Waals surface area contributed by atoms with Crippen LogP contribution < -0.4 is 43.0 Å². The van der Waals surface area contributed by atoms with Gasteiger partial charge in [0.25, 0.3) is 23.6 Å². The Kier molecular flexibility index (Phi) is 47.7. The number of hydrogen-bond donors (Lipinski definition) is 8. The van der Waals surface area contributed by atoms with Gasteiger partial charge in [0.05, 0.1) is 28.4 Å². The van der Waals surface area contributed by atoms with Crippen LogP contribution in [0.1, 0.15) is 214 Å². The van der Waals surface area contributed by atoms with Crippen molar-refractivity contribution < 1.29 is 95.4 Å². The molecule has 4 rings (SSSR count). The maximum atomic E-state index is 13.0. The first-order chi connectivity index (χ1) is 55.7. The highest BCUT2D eigenvalue weighted by molar-refractivity contribution is 5.88. The van der Waals surface area contributed by atoms with Gasteiger partial charge in [-0.15, -0.1) is 0 Å². The largest absolute Gasteiger partial charge is 0.468 e. The minimum Gasteiger partial charge on any atom is -0.468 e. The quantitative estimate of drug-likeness (QED) is 0.0119. The van der Waals surface area contributed by atoms with Crippen LogP contribution in [0.3, 0.4) is 0 Å².